The molecular formula is C16H21N3O2S2. The molecule has 2 aromatic rings. The number of rotatable bonds is 5. The molecule has 0 aliphatic carbocycles. The van der Waals surface area contributed by atoms with Crippen molar-refractivity contribution >= 4 is 33.9 Å². The van der Waals surface area contributed by atoms with Gasteiger partial charge in [-0.15, -0.1) is 11.3 Å². The lowest BCUT2D eigenvalue weighted by atomic mass is 10.2. The van der Waals surface area contributed by atoms with E-state index in [0.717, 1.165) is 16.3 Å². The normalized spacial score (nSPS) is 13.4. The molecular weight excluding hydrogens is 330 g/mol. The molecule has 1 aromatic heterocycles. The highest BCUT2D eigenvalue weighted by Crippen LogP contribution is 2.23. The zero-order chi connectivity index (χ0) is 17.0. The highest BCUT2D eigenvalue weighted by Gasteiger charge is 2.14. The van der Waals surface area contributed by atoms with Crippen molar-refractivity contribution in [3.8, 4) is 0 Å². The number of hydrogen-bond donors (Lipinski definition) is 2. The molecule has 0 spiro atoms. The Morgan fingerprint density at radius 1 is 1.39 bits per heavy atom. The highest BCUT2D eigenvalue weighted by atomic mass is 32.2. The molecule has 124 valence electrons. The van der Waals surface area contributed by atoms with Crippen LogP contribution in [-0.2, 0) is 10.8 Å². The summed E-state index contributed by atoms with van der Waals surface area (Å²) in [6, 6.07) is 5.18. The number of aromatic nitrogens is 1. The number of thiazole rings is 1. The first-order chi connectivity index (χ1) is 10.9. The van der Waals surface area contributed by atoms with Gasteiger partial charge in [0, 0.05) is 29.8 Å². The fourth-order valence-electron chi connectivity index (χ4n) is 2.13. The predicted molar refractivity (Wildman–Crippen MR) is 95.8 cm³/mol. The van der Waals surface area contributed by atoms with E-state index in [2.05, 4.69) is 15.6 Å². The zero-order valence-corrected chi connectivity index (χ0v) is 15.3. The minimum Gasteiger partial charge on any atom is -0.337 e. The van der Waals surface area contributed by atoms with Crippen molar-refractivity contribution in [1.82, 2.24) is 10.3 Å². The van der Waals surface area contributed by atoms with E-state index in [1.807, 2.05) is 38.3 Å². The van der Waals surface area contributed by atoms with E-state index in [9.17, 15) is 9.00 Å². The summed E-state index contributed by atoms with van der Waals surface area (Å²) in [6.07, 6.45) is 1.60. The van der Waals surface area contributed by atoms with E-state index in [1.54, 1.807) is 23.7 Å². The number of urea groups is 1. The minimum atomic E-state index is -1.16. The Morgan fingerprint density at radius 2 is 2.13 bits per heavy atom. The Balaban J connectivity index is 1.99. The smallest absolute Gasteiger partial charge is 0.319 e. The Morgan fingerprint density at radius 3 is 2.74 bits per heavy atom. The molecule has 1 heterocycles. The third kappa shape index (κ3) is 4.62. The lowest BCUT2D eigenvalue weighted by Gasteiger charge is -2.14. The maximum atomic E-state index is 12.1. The fourth-order valence-corrected chi connectivity index (χ4v) is 3.76. The number of carbonyl (C=O) groups is 1. The summed E-state index contributed by atoms with van der Waals surface area (Å²) in [5, 5.41) is 8.67. The first kappa shape index (κ1) is 17.6. The minimum absolute atomic E-state index is 0.149. The molecule has 7 heteroatoms. The predicted octanol–water partition coefficient (Wildman–Crippen LogP) is 3.42. The first-order valence-electron chi connectivity index (χ1n) is 7.28. The molecule has 0 radical (unpaired) electrons. The average Bonchev–Trinajstić information content (AvgIpc) is 2.93. The SMILES string of the molecule is Cc1csc([C@@H](C)CNC(=O)Nc2c(C)cccc2[S@](C)=O)n1. The van der Waals surface area contributed by atoms with E-state index >= 15 is 0 Å². The van der Waals surface area contributed by atoms with Crippen molar-refractivity contribution in [1.29, 1.82) is 0 Å². The average molecular weight is 351 g/mol. The van der Waals surface area contributed by atoms with Crippen LogP contribution < -0.4 is 10.6 Å². The summed E-state index contributed by atoms with van der Waals surface area (Å²) in [5.41, 5.74) is 2.50. The van der Waals surface area contributed by atoms with Crippen molar-refractivity contribution in [2.45, 2.75) is 31.6 Å². The van der Waals surface area contributed by atoms with Gasteiger partial charge in [-0.1, -0.05) is 19.1 Å². The molecule has 2 N–H and O–H groups in total. The third-order valence-corrected chi connectivity index (χ3v) is 5.56. The number of nitrogens with zero attached hydrogens (tertiary/aromatic N) is 1. The van der Waals surface area contributed by atoms with Crippen LogP contribution in [0, 0.1) is 13.8 Å². The van der Waals surface area contributed by atoms with Gasteiger partial charge in [0.2, 0.25) is 0 Å². The summed E-state index contributed by atoms with van der Waals surface area (Å²) < 4.78 is 11.8. The Hall–Kier alpha value is -1.73. The number of nitrogens with one attached hydrogen (secondary N) is 2. The molecule has 0 unspecified atom stereocenters. The number of anilines is 1. The summed E-state index contributed by atoms with van der Waals surface area (Å²) >= 11 is 1.60. The second-order valence-corrected chi connectivity index (χ2v) is 7.70. The summed E-state index contributed by atoms with van der Waals surface area (Å²) in [4.78, 5) is 17.2. The number of carbonyl (C=O) groups excluding carboxylic acids is 1. The topological polar surface area (TPSA) is 71.1 Å². The second-order valence-electron chi connectivity index (χ2n) is 5.47. The summed E-state index contributed by atoms with van der Waals surface area (Å²) in [7, 11) is -1.16. The highest BCUT2D eigenvalue weighted by molar-refractivity contribution is 7.84. The molecule has 2 amide bonds. The van der Waals surface area contributed by atoms with Gasteiger partial charge in [-0.3, -0.25) is 4.21 Å². The standard InChI is InChI=1S/C16H21N3O2S2/c1-10-6-5-7-13(23(4)21)14(10)19-16(20)17-8-11(2)15-18-12(3)9-22-15/h5-7,9,11H,8H2,1-4H3,(H2,17,19,20)/t11-,23-/m0/s1. The largest absolute Gasteiger partial charge is 0.337 e. The van der Waals surface area contributed by atoms with Crippen LogP contribution in [0.4, 0.5) is 10.5 Å². The Bertz CT molecular complexity index is 728. The number of aryl methyl sites for hydroxylation is 2. The van der Waals surface area contributed by atoms with E-state index in [1.165, 1.54) is 0 Å². The molecule has 0 bridgehead atoms. The molecule has 2 rings (SSSR count). The van der Waals surface area contributed by atoms with Crippen LogP contribution in [0.2, 0.25) is 0 Å². The van der Waals surface area contributed by atoms with Gasteiger partial charge in [-0.25, -0.2) is 9.78 Å². The molecule has 0 aliphatic rings. The maximum Gasteiger partial charge on any atom is 0.319 e. The number of hydrogen-bond acceptors (Lipinski definition) is 4. The van der Waals surface area contributed by atoms with Crippen LogP contribution in [0.1, 0.15) is 29.1 Å². The molecule has 5 nitrogen and oxygen atoms in total. The van der Waals surface area contributed by atoms with Crippen molar-refractivity contribution < 1.29 is 9.00 Å². The van der Waals surface area contributed by atoms with Gasteiger partial charge in [0.05, 0.1) is 26.4 Å². The van der Waals surface area contributed by atoms with Crippen LogP contribution in [0.3, 0.4) is 0 Å². The second kappa shape index (κ2) is 7.70. The molecule has 2 atom stereocenters. The monoisotopic (exact) mass is 351 g/mol. The quantitative estimate of drug-likeness (QED) is 0.867. The van der Waals surface area contributed by atoms with Gasteiger partial charge < -0.3 is 10.6 Å². The summed E-state index contributed by atoms with van der Waals surface area (Å²) in [6.45, 7) is 6.36. The van der Waals surface area contributed by atoms with Gasteiger partial charge in [0.25, 0.3) is 0 Å². The van der Waals surface area contributed by atoms with E-state index in [-0.39, 0.29) is 11.9 Å². The van der Waals surface area contributed by atoms with Crippen molar-refractivity contribution in [3.05, 3.63) is 39.8 Å². The van der Waals surface area contributed by atoms with Crippen LogP contribution >= 0.6 is 11.3 Å². The Labute approximate surface area is 143 Å². The molecule has 0 saturated heterocycles. The molecule has 0 saturated carbocycles. The van der Waals surface area contributed by atoms with Gasteiger partial charge in [-0.2, -0.15) is 0 Å². The van der Waals surface area contributed by atoms with E-state index in [4.69, 9.17) is 0 Å². The van der Waals surface area contributed by atoms with Crippen LogP contribution in [0.25, 0.3) is 0 Å². The lowest BCUT2D eigenvalue weighted by molar-refractivity contribution is 0.251. The van der Waals surface area contributed by atoms with Gasteiger partial charge in [0.15, 0.2) is 0 Å². The molecule has 23 heavy (non-hydrogen) atoms. The van der Waals surface area contributed by atoms with E-state index in [0.29, 0.717) is 17.1 Å². The van der Waals surface area contributed by atoms with Crippen LogP contribution in [-0.4, -0.2) is 28.0 Å². The fraction of sp³-hybridized carbons (Fsp3) is 0.375. The number of benzene rings is 1. The van der Waals surface area contributed by atoms with Gasteiger partial charge in [0.1, 0.15) is 0 Å². The van der Waals surface area contributed by atoms with Crippen molar-refractivity contribution in [2.75, 3.05) is 18.1 Å². The molecule has 0 fully saturated rings. The van der Waals surface area contributed by atoms with E-state index < -0.39 is 10.8 Å². The number of amides is 2. The number of para-hydroxylation sites is 1. The zero-order valence-electron chi connectivity index (χ0n) is 13.7. The Kier molecular flexibility index (Phi) is 5.90. The third-order valence-electron chi connectivity index (χ3n) is 3.41. The first-order valence-corrected chi connectivity index (χ1v) is 9.72. The summed E-state index contributed by atoms with van der Waals surface area (Å²) in [5.74, 6) is 0.149. The van der Waals surface area contributed by atoms with Gasteiger partial charge in [-0.05, 0) is 25.5 Å². The van der Waals surface area contributed by atoms with Crippen molar-refractivity contribution in [2.24, 2.45) is 0 Å². The van der Waals surface area contributed by atoms with Gasteiger partial charge >= 0.3 is 6.03 Å². The van der Waals surface area contributed by atoms with Crippen molar-refractivity contribution in [3.63, 3.8) is 0 Å². The lowest BCUT2D eigenvalue weighted by Crippen LogP contribution is -2.32. The maximum absolute atomic E-state index is 12.1. The van der Waals surface area contributed by atoms with Crippen LogP contribution in [0.15, 0.2) is 28.5 Å². The molecule has 1 aromatic carbocycles. The van der Waals surface area contributed by atoms with Crippen LogP contribution in [0.5, 0.6) is 0 Å². The molecule has 0 aliphatic heterocycles.